The van der Waals surface area contributed by atoms with Gasteiger partial charge < -0.3 is 10.3 Å². The molecule has 2 rings (SSSR count). The van der Waals surface area contributed by atoms with E-state index in [0.717, 1.165) is 17.7 Å². The van der Waals surface area contributed by atoms with Gasteiger partial charge in [0.1, 0.15) is 0 Å². The zero-order valence-electron chi connectivity index (χ0n) is 13.5. The van der Waals surface area contributed by atoms with Crippen molar-refractivity contribution in [3.63, 3.8) is 0 Å². The van der Waals surface area contributed by atoms with Gasteiger partial charge in [-0.25, -0.2) is 0 Å². The van der Waals surface area contributed by atoms with Gasteiger partial charge in [-0.05, 0) is 42.9 Å². The van der Waals surface area contributed by atoms with Crippen LogP contribution in [0.15, 0.2) is 4.52 Å². The highest BCUT2D eigenvalue weighted by Crippen LogP contribution is 2.38. The summed E-state index contributed by atoms with van der Waals surface area (Å²) >= 11 is 0. The Morgan fingerprint density at radius 1 is 1.15 bits per heavy atom. The van der Waals surface area contributed by atoms with Crippen LogP contribution in [0.3, 0.4) is 0 Å². The first-order valence-electron chi connectivity index (χ1n) is 7.88. The molecular weight excluding hydrogens is 250 g/mol. The second kappa shape index (κ2) is 5.84. The first-order chi connectivity index (χ1) is 9.29. The summed E-state index contributed by atoms with van der Waals surface area (Å²) in [6.45, 7) is 10.9. The van der Waals surface area contributed by atoms with E-state index in [0.29, 0.717) is 11.8 Å². The van der Waals surface area contributed by atoms with Crippen molar-refractivity contribution in [1.29, 1.82) is 0 Å². The maximum atomic E-state index is 6.18. The molecule has 0 spiro atoms. The van der Waals surface area contributed by atoms with E-state index < -0.39 is 0 Å². The second-order valence-electron chi connectivity index (χ2n) is 7.69. The zero-order valence-corrected chi connectivity index (χ0v) is 13.5. The Morgan fingerprint density at radius 2 is 1.75 bits per heavy atom. The second-order valence-corrected chi connectivity index (χ2v) is 7.69. The van der Waals surface area contributed by atoms with Crippen LogP contribution in [0.4, 0.5) is 0 Å². The van der Waals surface area contributed by atoms with Crippen LogP contribution in [-0.2, 0) is 0 Å². The van der Waals surface area contributed by atoms with E-state index in [2.05, 4.69) is 44.8 Å². The Kier molecular flexibility index (Phi) is 4.52. The average Bonchev–Trinajstić information content (AvgIpc) is 2.86. The molecule has 1 aromatic heterocycles. The number of aromatic nitrogens is 2. The summed E-state index contributed by atoms with van der Waals surface area (Å²) in [7, 11) is 0. The SMILES string of the molecule is CC(C)C1CCC(c2noc([C@H](N)C(C)(C)C)n2)CC1. The molecule has 0 bridgehead atoms. The molecular formula is C16H29N3O. The molecule has 1 aromatic rings. The largest absolute Gasteiger partial charge is 0.338 e. The van der Waals surface area contributed by atoms with E-state index >= 15 is 0 Å². The number of rotatable bonds is 3. The van der Waals surface area contributed by atoms with Crippen molar-refractivity contribution in [2.45, 2.75) is 72.3 Å². The number of nitrogens with zero attached hydrogens (tertiary/aromatic N) is 2. The molecule has 4 nitrogen and oxygen atoms in total. The molecule has 1 aliphatic rings. The Balaban J connectivity index is 2.00. The molecule has 0 saturated heterocycles. The number of hydrogen-bond donors (Lipinski definition) is 1. The highest BCUT2D eigenvalue weighted by atomic mass is 16.5. The first kappa shape index (κ1) is 15.5. The molecule has 1 aliphatic carbocycles. The van der Waals surface area contributed by atoms with E-state index in [4.69, 9.17) is 10.3 Å². The van der Waals surface area contributed by atoms with Crippen molar-refractivity contribution < 1.29 is 4.52 Å². The topological polar surface area (TPSA) is 64.9 Å². The predicted octanol–water partition coefficient (Wildman–Crippen LogP) is 4.05. The van der Waals surface area contributed by atoms with Gasteiger partial charge in [0.25, 0.3) is 0 Å². The first-order valence-corrected chi connectivity index (χ1v) is 7.88. The Bertz CT molecular complexity index is 425. The highest BCUT2D eigenvalue weighted by Gasteiger charge is 2.31. The average molecular weight is 279 g/mol. The Labute approximate surface area is 122 Å². The smallest absolute Gasteiger partial charge is 0.244 e. The van der Waals surface area contributed by atoms with E-state index in [9.17, 15) is 0 Å². The van der Waals surface area contributed by atoms with Crippen LogP contribution in [0.2, 0.25) is 0 Å². The summed E-state index contributed by atoms with van der Waals surface area (Å²) in [4.78, 5) is 4.57. The molecule has 1 saturated carbocycles. The van der Waals surface area contributed by atoms with Crippen molar-refractivity contribution in [2.24, 2.45) is 23.0 Å². The van der Waals surface area contributed by atoms with Gasteiger partial charge in [-0.1, -0.05) is 39.8 Å². The Morgan fingerprint density at radius 3 is 2.25 bits per heavy atom. The maximum Gasteiger partial charge on any atom is 0.244 e. The van der Waals surface area contributed by atoms with Crippen LogP contribution in [0, 0.1) is 17.3 Å². The lowest BCUT2D eigenvalue weighted by Gasteiger charge is -2.29. The van der Waals surface area contributed by atoms with E-state index in [1.807, 2.05) is 0 Å². The van der Waals surface area contributed by atoms with E-state index in [1.165, 1.54) is 25.7 Å². The Hall–Kier alpha value is -0.900. The minimum atomic E-state index is -0.198. The van der Waals surface area contributed by atoms with Gasteiger partial charge >= 0.3 is 0 Å². The summed E-state index contributed by atoms with van der Waals surface area (Å²) in [5.41, 5.74) is 6.12. The van der Waals surface area contributed by atoms with Crippen molar-refractivity contribution in [1.82, 2.24) is 10.1 Å². The molecule has 0 amide bonds. The van der Waals surface area contributed by atoms with Crippen molar-refractivity contribution >= 4 is 0 Å². The van der Waals surface area contributed by atoms with Crippen LogP contribution in [-0.4, -0.2) is 10.1 Å². The molecule has 4 heteroatoms. The van der Waals surface area contributed by atoms with Gasteiger partial charge in [0.05, 0.1) is 6.04 Å². The standard InChI is InChI=1S/C16H29N3O/c1-10(2)11-6-8-12(9-7-11)14-18-15(20-19-14)13(17)16(3,4)5/h10-13H,6-9,17H2,1-5H3/t11?,12?,13-/m0/s1. The summed E-state index contributed by atoms with van der Waals surface area (Å²) in [6, 6.07) is -0.198. The van der Waals surface area contributed by atoms with Crippen LogP contribution < -0.4 is 5.73 Å². The molecule has 1 fully saturated rings. The lowest BCUT2D eigenvalue weighted by Crippen LogP contribution is -2.26. The van der Waals surface area contributed by atoms with Crippen molar-refractivity contribution in [2.75, 3.05) is 0 Å². The normalized spacial score (nSPS) is 25.9. The van der Waals surface area contributed by atoms with Gasteiger partial charge in [0.15, 0.2) is 5.82 Å². The molecule has 0 unspecified atom stereocenters. The molecule has 0 aromatic carbocycles. The minimum Gasteiger partial charge on any atom is -0.338 e. The molecule has 1 atom stereocenters. The lowest BCUT2D eigenvalue weighted by molar-refractivity contribution is 0.244. The number of nitrogens with two attached hydrogens (primary N) is 1. The maximum absolute atomic E-state index is 6.18. The van der Waals surface area contributed by atoms with Crippen LogP contribution in [0.1, 0.15) is 84.0 Å². The summed E-state index contributed by atoms with van der Waals surface area (Å²) in [6.07, 6.45) is 4.90. The van der Waals surface area contributed by atoms with Crippen molar-refractivity contribution in [3.05, 3.63) is 11.7 Å². The van der Waals surface area contributed by atoms with Gasteiger partial charge in [0.2, 0.25) is 5.89 Å². The third-order valence-corrected chi connectivity index (χ3v) is 4.74. The van der Waals surface area contributed by atoms with Gasteiger partial charge in [-0.2, -0.15) is 4.98 Å². The quantitative estimate of drug-likeness (QED) is 0.906. The molecule has 0 aliphatic heterocycles. The van der Waals surface area contributed by atoms with E-state index in [1.54, 1.807) is 0 Å². The molecule has 114 valence electrons. The summed E-state index contributed by atoms with van der Waals surface area (Å²) in [5.74, 6) is 3.54. The fourth-order valence-electron chi connectivity index (χ4n) is 2.95. The van der Waals surface area contributed by atoms with Crippen molar-refractivity contribution in [3.8, 4) is 0 Å². The van der Waals surface area contributed by atoms with E-state index in [-0.39, 0.29) is 11.5 Å². The predicted molar refractivity (Wildman–Crippen MR) is 80.2 cm³/mol. The molecule has 0 radical (unpaired) electrons. The fourth-order valence-corrected chi connectivity index (χ4v) is 2.95. The molecule has 1 heterocycles. The van der Waals surface area contributed by atoms with Crippen LogP contribution in [0.25, 0.3) is 0 Å². The molecule has 20 heavy (non-hydrogen) atoms. The van der Waals surface area contributed by atoms with Gasteiger partial charge in [0, 0.05) is 5.92 Å². The third kappa shape index (κ3) is 3.40. The monoisotopic (exact) mass is 279 g/mol. The molecule has 2 N–H and O–H groups in total. The number of hydrogen-bond acceptors (Lipinski definition) is 4. The summed E-state index contributed by atoms with van der Waals surface area (Å²) < 4.78 is 5.39. The lowest BCUT2D eigenvalue weighted by atomic mass is 9.77. The van der Waals surface area contributed by atoms with Crippen LogP contribution in [0.5, 0.6) is 0 Å². The van der Waals surface area contributed by atoms with Gasteiger partial charge in [-0.15, -0.1) is 0 Å². The van der Waals surface area contributed by atoms with Crippen LogP contribution >= 0.6 is 0 Å². The summed E-state index contributed by atoms with van der Waals surface area (Å²) in [5, 5.41) is 4.18. The minimum absolute atomic E-state index is 0.0564. The fraction of sp³-hybridized carbons (Fsp3) is 0.875. The highest BCUT2D eigenvalue weighted by molar-refractivity contribution is 5.02. The van der Waals surface area contributed by atoms with Gasteiger partial charge in [-0.3, -0.25) is 0 Å². The third-order valence-electron chi connectivity index (χ3n) is 4.74. The zero-order chi connectivity index (χ0) is 14.9.